The van der Waals surface area contributed by atoms with E-state index in [9.17, 15) is 17.8 Å². The Bertz CT molecular complexity index is 730. The molecule has 2 aromatic rings. The van der Waals surface area contributed by atoms with E-state index in [-0.39, 0.29) is 43.2 Å². The van der Waals surface area contributed by atoms with Gasteiger partial charge in [0.15, 0.2) is 5.78 Å². The maximum atomic E-state index is 12.2. The molecule has 22 heavy (non-hydrogen) atoms. The summed E-state index contributed by atoms with van der Waals surface area (Å²) < 4.78 is 32.5. The Morgan fingerprint density at radius 3 is 2.14 bits per heavy atom. The second kappa shape index (κ2) is 8.04. The molecule has 0 aromatic heterocycles. The summed E-state index contributed by atoms with van der Waals surface area (Å²) in [6.07, 6.45) is -0.286. The number of ketones is 1. The second-order valence-corrected chi connectivity index (χ2v) is 6.51. The summed E-state index contributed by atoms with van der Waals surface area (Å²) in [5.74, 6) is -0.318. The predicted molar refractivity (Wildman–Crippen MR) is 82.0 cm³/mol. The first kappa shape index (κ1) is 19.1. The largest absolute Gasteiger partial charge is 1.00 e. The van der Waals surface area contributed by atoms with Crippen molar-refractivity contribution in [1.82, 2.24) is 0 Å². The SMILES string of the molecule is Cc1ccc(C(=O)CC(c2ccccc2)S(=O)(=O)O)cc1.[H-].[Na+]. The summed E-state index contributed by atoms with van der Waals surface area (Å²) in [6, 6.07) is 15.1. The molecule has 6 heteroatoms. The minimum Gasteiger partial charge on any atom is -1.00 e. The maximum Gasteiger partial charge on any atom is 1.00 e. The molecule has 0 spiro atoms. The number of aryl methyl sites for hydroxylation is 1. The van der Waals surface area contributed by atoms with Gasteiger partial charge in [-0.25, -0.2) is 0 Å². The van der Waals surface area contributed by atoms with Gasteiger partial charge in [0.2, 0.25) is 0 Å². The molecular weight excluding hydrogens is 311 g/mol. The summed E-state index contributed by atoms with van der Waals surface area (Å²) >= 11 is 0. The summed E-state index contributed by atoms with van der Waals surface area (Å²) in [4.78, 5) is 12.2. The van der Waals surface area contributed by atoms with Crippen LogP contribution in [-0.4, -0.2) is 18.8 Å². The van der Waals surface area contributed by atoms with Crippen LogP contribution >= 0.6 is 0 Å². The van der Waals surface area contributed by atoms with Crippen LogP contribution in [0.15, 0.2) is 54.6 Å². The smallest absolute Gasteiger partial charge is 1.00 e. The van der Waals surface area contributed by atoms with Crippen molar-refractivity contribution in [3.63, 3.8) is 0 Å². The van der Waals surface area contributed by atoms with E-state index in [0.29, 0.717) is 11.1 Å². The van der Waals surface area contributed by atoms with Crippen LogP contribution in [0.1, 0.15) is 34.6 Å². The minimum atomic E-state index is -4.35. The topological polar surface area (TPSA) is 71.4 Å². The van der Waals surface area contributed by atoms with Crippen LogP contribution in [0.5, 0.6) is 0 Å². The minimum absolute atomic E-state index is 0. The zero-order chi connectivity index (χ0) is 15.5. The van der Waals surface area contributed by atoms with Gasteiger partial charge in [-0.05, 0) is 12.5 Å². The normalized spacial score (nSPS) is 12.3. The Hall–Kier alpha value is -0.980. The van der Waals surface area contributed by atoms with Crippen LogP contribution in [0.25, 0.3) is 0 Å². The van der Waals surface area contributed by atoms with Gasteiger partial charge in [-0.2, -0.15) is 8.42 Å². The standard InChI is InChI=1S/C16H16O4S.Na.H/c1-12-7-9-13(10-8-12)15(17)11-16(21(18,19)20)14-5-3-2-4-6-14;;/h2-10,16H,11H2,1H3,(H,18,19,20);;/q;+1;-1. The van der Waals surface area contributed by atoms with Crippen molar-refractivity contribution in [2.24, 2.45) is 0 Å². The fourth-order valence-electron chi connectivity index (χ4n) is 2.09. The molecule has 0 radical (unpaired) electrons. The molecule has 0 heterocycles. The Kier molecular flexibility index (Phi) is 6.97. The zero-order valence-electron chi connectivity index (χ0n) is 13.6. The average molecular weight is 328 g/mol. The van der Waals surface area contributed by atoms with Crippen molar-refractivity contribution in [1.29, 1.82) is 0 Å². The molecule has 1 unspecified atom stereocenters. The van der Waals surface area contributed by atoms with Gasteiger partial charge in [0.25, 0.3) is 10.1 Å². The van der Waals surface area contributed by atoms with Gasteiger partial charge in [-0.3, -0.25) is 9.35 Å². The Balaban J connectivity index is 0.00000242. The van der Waals surface area contributed by atoms with Gasteiger partial charge in [-0.15, -0.1) is 0 Å². The van der Waals surface area contributed by atoms with Gasteiger partial charge >= 0.3 is 29.6 Å². The number of Topliss-reactive ketones (excluding diaryl/α,β-unsaturated/α-hetero) is 1. The first-order chi connectivity index (χ1) is 9.88. The van der Waals surface area contributed by atoms with E-state index in [4.69, 9.17) is 0 Å². The van der Waals surface area contributed by atoms with Crippen LogP contribution in [0, 0.1) is 6.92 Å². The molecule has 0 aliphatic carbocycles. The van der Waals surface area contributed by atoms with Crippen molar-refractivity contribution >= 4 is 15.9 Å². The van der Waals surface area contributed by atoms with Crippen molar-refractivity contribution in [2.75, 3.05) is 0 Å². The van der Waals surface area contributed by atoms with E-state index in [1.807, 2.05) is 6.92 Å². The van der Waals surface area contributed by atoms with E-state index < -0.39 is 15.4 Å². The molecule has 0 saturated heterocycles. The number of benzene rings is 2. The van der Waals surface area contributed by atoms with Crippen LogP contribution < -0.4 is 29.6 Å². The molecule has 0 saturated carbocycles. The molecule has 0 amide bonds. The fourth-order valence-corrected chi connectivity index (χ4v) is 2.95. The van der Waals surface area contributed by atoms with E-state index in [1.54, 1.807) is 54.6 Å². The first-order valence-electron chi connectivity index (χ1n) is 6.49. The van der Waals surface area contributed by atoms with Gasteiger partial charge in [0.1, 0.15) is 5.25 Å². The quantitative estimate of drug-likeness (QED) is 0.487. The first-order valence-corrected chi connectivity index (χ1v) is 7.99. The molecule has 0 fully saturated rings. The third-order valence-corrected chi connectivity index (χ3v) is 4.43. The molecule has 0 aliphatic rings. The maximum absolute atomic E-state index is 12.2. The van der Waals surface area contributed by atoms with Crippen LogP contribution in [0.3, 0.4) is 0 Å². The van der Waals surface area contributed by atoms with Crippen molar-refractivity contribution < 1.29 is 48.7 Å². The van der Waals surface area contributed by atoms with E-state index in [0.717, 1.165) is 5.56 Å². The van der Waals surface area contributed by atoms with Gasteiger partial charge in [0, 0.05) is 12.0 Å². The number of rotatable bonds is 5. The van der Waals surface area contributed by atoms with Crippen molar-refractivity contribution in [2.45, 2.75) is 18.6 Å². The summed E-state index contributed by atoms with van der Waals surface area (Å²) in [7, 11) is -4.35. The Labute approximate surface area is 154 Å². The van der Waals surface area contributed by atoms with Gasteiger partial charge in [0.05, 0.1) is 0 Å². The van der Waals surface area contributed by atoms with Crippen LogP contribution in [-0.2, 0) is 10.1 Å². The Morgan fingerprint density at radius 1 is 1.09 bits per heavy atom. The number of hydrogen-bond acceptors (Lipinski definition) is 3. The molecule has 112 valence electrons. The van der Waals surface area contributed by atoms with Gasteiger partial charge < -0.3 is 1.43 Å². The van der Waals surface area contributed by atoms with Crippen molar-refractivity contribution in [3.8, 4) is 0 Å². The molecule has 0 bridgehead atoms. The molecule has 1 atom stereocenters. The van der Waals surface area contributed by atoms with Crippen molar-refractivity contribution in [3.05, 3.63) is 71.3 Å². The zero-order valence-corrected chi connectivity index (χ0v) is 15.4. The predicted octanol–water partition coefficient (Wildman–Crippen LogP) is 0.313. The van der Waals surface area contributed by atoms with Gasteiger partial charge in [-0.1, -0.05) is 60.2 Å². The molecule has 1 N–H and O–H groups in total. The Morgan fingerprint density at radius 2 is 1.64 bits per heavy atom. The third-order valence-electron chi connectivity index (χ3n) is 3.28. The number of carbonyl (C=O) groups excluding carboxylic acids is 1. The third kappa shape index (κ3) is 5.04. The van der Waals surface area contributed by atoms with E-state index >= 15 is 0 Å². The molecule has 0 aliphatic heterocycles. The second-order valence-electron chi connectivity index (χ2n) is 4.91. The number of hydrogen-bond donors (Lipinski definition) is 1. The van der Waals surface area contributed by atoms with E-state index in [1.165, 1.54) is 0 Å². The van der Waals surface area contributed by atoms with Crippen LogP contribution in [0.2, 0.25) is 0 Å². The molecule has 2 rings (SSSR count). The summed E-state index contributed by atoms with van der Waals surface area (Å²) in [5.41, 5.74) is 1.85. The summed E-state index contributed by atoms with van der Waals surface area (Å²) in [5, 5.41) is -1.24. The van der Waals surface area contributed by atoms with E-state index in [2.05, 4.69) is 0 Å². The molecule has 4 nitrogen and oxygen atoms in total. The number of carbonyl (C=O) groups is 1. The van der Waals surface area contributed by atoms with Crippen LogP contribution in [0.4, 0.5) is 0 Å². The molecular formula is C16H17NaO4S. The molecule has 2 aromatic carbocycles. The monoisotopic (exact) mass is 328 g/mol. The fraction of sp³-hybridized carbons (Fsp3) is 0.188. The summed E-state index contributed by atoms with van der Waals surface area (Å²) in [6.45, 7) is 1.90. The average Bonchev–Trinajstić information content (AvgIpc) is 2.45.